The van der Waals surface area contributed by atoms with E-state index in [4.69, 9.17) is 5.26 Å². The predicted molar refractivity (Wildman–Crippen MR) is 102 cm³/mol. The van der Waals surface area contributed by atoms with E-state index in [0.717, 1.165) is 16.8 Å². The fourth-order valence-electron chi connectivity index (χ4n) is 2.50. The standard InChI is InChI=1S/C20H22N4O2/c1-14-7-6-10-17(15(14)2)22-19(25)12-24(3)13-20(26)23-18-9-5-4-8-16(18)11-21/h4-10H,12-13H2,1-3H3,(H,22,25)(H,23,26). The van der Waals surface area contributed by atoms with Crippen molar-refractivity contribution in [2.75, 3.05) is 30.8 Å². The lowest BCUT2D eigenvalue weighted by Gasteiger charge is -2.17. The number of nitrogens with zero attached hydrogens (tertiary/aromatic N) is 2. The lowest BCUT2D eigenvalue weighted by Crippen LogP contribution is -2.36. The summed E-state index contributed by atoms with van der Waals surface area (Å²) in [7, 11) is 1.69. The first kappa shape index (κ1) is 19.2. The van der Waals surface area contributed by atoms with Gasteiger partial charge < -0.3 is 10.6 Å². The summed E-state index contributed by atoms with van der Waals surface area (Å²) >= 11 is 0. The number of aryl methyl sites for hydroxylation is 1. The molecule has 0 fully saturated rings. The van der Waals surface area contributed by atoms with E-state index < -0.39 is 0 Å². The lowest BCUT2D eigenvalue weighted by molar-refractivity contribution is -0.119. The fourth-order valence-corrected chi connectivity index (χ4v) is 2.50. The summed E-state index contributed by atoms with van der Waals surface area (Å²) in [5.74, 6) is -0.471. The maximum atomic E-state index is 12.2. The minimum Gasteiger partial charge on any atom is -0.325 e. The number of hydrogen-bond donors (Lipinski definition) is 2. The van der Waals surface area contributed by atoms with Crippen LogP contribution in [-0.4, -0.2) is 36.9 Å². The fraction of sp³-hybridized carbons (Fsp3) is 0.250. The molecule has 6 nitrogen and oxygen atoms in total. The number of likely N-dealkylation sites (N-methyl/N-ethyl adjacent to an activating group) is 1. The second-order valence-electron chi connectivity index (χ2n) is 6.17. The Morgan fingerprint density at radius 1 is 0.962 bits per heavy atom. The van der Waals surface area contributed by atoms with E-state index in [2.05, 4.69) is 10.6 Å². The van der Waals surface area contributed by atoms with Crippen LogP contribution in [0.5, 0.6) is 0 Å². The molecular formula is C20H22N4O2. The number of anilines is 2. The Morgan fingerprint density at radius 3 is 2.19 bits per heavy atom. The largest absolute Gasteiger partial charge is 0.325 e. The molecule has 2 aromatic rings. The Morgan fingerprint density at radius 2 is 1.54 bits per heavy atom. The van der Waals surface area contributed by atoms with E-state index in [1.165, 1.54) is 0 Å². The van der Waals surface area contributed by atoms with Gasteiger partial charge in [0.2, 0.25) is 11.8 Å². The normalized spacial score (nSPS) is 10.3. The van der Waals surface area contributed by atoms with Gasteiger partial charge in [0.25, 0.3) is 0 Å². The molecule has 0 aliphatic heterocycles. The van der Waals surface area contributed by atoms with Gasteiger partial charge >= 0.3 is 0 Å². The van der Waals surface area contributed by atoms with E-state index in [0.29, 0.717) is 11.3 Å². The monoisotopic (exact) mass is 350 g/mol. The molecule has 0 unspecified atom stereocenters. The molecule has 0 atom stereocenters. The summed E-state index contributed by atoms with van der Waals surface area (Å²) in [5, 5.41) is 14.6. The number of carbonyl (C=O) groups is 2. The highest BCUT2D eigenvalue weighted by Gasteiger charge is 2.13. The Balaban J connectivity index is 1.88. The topological polar surface area (TPSA) is 85.2 Å². The van der Waals surface area contributed by atoms with Gasteiger partial charge in [0.1, 0.15) is 6.07 Å². The van der Waals surface area contributed by atoms with Crippen LogP contribution in [0.25, 0.3) is 0 Å². The number of para-hydroxylation sites is 1. The molecule has 2 aromatic carbocycles. The van der Waals surface area contributed by atoms with Crippen LogP contribution in [0.15, 0.2) is 42.5 Å². The minimum atomic E-state index is -0.283. The quantitative estimate of drug-likeness (QED) is 0.839. The third kappa shape index (κ3) is 5.16. The Hall–Kier alpha value is -3.17. The zero-order valence-corrected chi connectivity index (χ0v) is 15.2. The van der Waals surface area contributed by atoms with E-state index in [1.807, 2.05) is 38.1 Å². The SMILES string of the molecule is Cc1cccc(NC(=O)CN(C)CC(=O)Nc2ccccc2C#N)c1C. The van der Waals surface area contributed by atoms with Gasteiger partial charge in [-0.15, -0.1) is 0 Å². The number of nitriles is 1. The molecule has 2 amide bonds. The molecule has 0 heterocycles. The number of amides is 2. The van der Waals surface area contributed by atoms with E-state index in [1.54, 1.807) is 36.2 Å². The summed E-state index contributed by atoms with van der Waals surface area (Å²) in [6.07, 6.45) is 0. The van der Waals surface area contributed by atoms with Crippen molar-refractivity contribution in [3.05, 3.63) is 59.2 Å². The summed E-state index contributed by atoms with van der Waals surface area (Å²) in [6.45, 7) is 4.07. The summed E-state index contributed by atoms with van der Waals surface area (Å²) in [4.78, 5) is 26.0. The van der Waals surface area contributed by atoms with Crippen molar-refractivity contribution in [3.63, 3.8) is 0 Å². The van der Waals surface area contributed by atoms with Crippen LogP contribution < -0.4 is 10.6 Å². The Labute approximate surface area is 153 Å². The minimum absolute atomic E-state index is 0.0416. The maximum absolute atomic E-state index is 12.2. The van der Waals surface area contributed by atoms with Crippen molar-refractivity contribution in [2.45, 2.75) is 13.8 Å². The summed E-state index contributed by atoms with van der Waals surface area (Å²) in [6, 6.07) is 14.5. The first-order chi connectivity index (χ1) is 12.4. The molecule has 0 aliphatic rings. The molecule has 0 aromatic heterocycles. The zero-order chi connectivity index (χ0) is 19.1. The second kappa shape index (κ2) is 8.79. The van der Waals surface area contributed by atoms with E-state index >= 15 is 0 Å². The maximum Gasteiger partial charge on any atom is 0.238 e. The van der Waals surface area contributed by atoms with Gasteiger partial charge in [0, 0.05) is 5.69 Å². The van der Waals surface area contributed by atoms with Gasteiger partial charge in [0.15, 0.2) is 0 Å². The number of hydrogen-bond acceptors (Lipinski definition) is 4. The first-order valence-electron chi connectivity index (χ1n) is 8.24. The molecule has 6 heteroatoms. The highest BCUT2D eigenvalue weighted by Crippen LogP contribution is 2.18. The highest BCUT2D eigenvalue weighted by atomic mass is 16.2. The van der Waals surface area contributed by atoms with Crippen LogP contribution in [0.3, 0.4) is 0 Å². The van der Waals surface area contributed by atoms with Crippen LogP contribution in [0.2, 0.25) is 0 Å². The molecule has 0 radical (unpaired) electrons. The molecule has 0 spiro atoms. The number of carbonyl (C=O) groups excluding carboxylic acids is 2. The van der Waals surface area contributed by atoms with Crippen molar-refractivity contribution >= 4 is 23.2 Å². The second-order valence-corrected chi connectivity index (χ2v) is 6.17. The molecule has 134 valence electrons. The van der Waals surface area contributed by atoms with Crippen molar-refractivity contribution in [3.8, 4) is 6.07 Å². The smallest absolute Gasteiger partial charge is 0.238 e. The summed E-state index contributed by atoms with van der Waals surface area (Å²) < 4.78 is 0. The van der Waals surface area contributed by atoms with Gasteiger partial charge in [-0.2, -0.15) is 5.26 Å². The highest BCUT2D eigenvalue weighted by molar-refractivity contribution is 5.95. The third-order valence-electron chi connectivity index (χ3n) is 4.03. The van der Waals surface area contributed by atoms with Crippen LogP contribution >= 0.6 is 0 Å². The van der Waals surface area contributed by atoms with Gasteiger partial charge in [-0.05, 0) is 50.2 Å². The van der Waals surface area contributed by atoms with Crippen LogP contribution in [0.1, 0.15) is 16.7 Å². The molecule has 0 saturated heterocycles. The van der Waals surface area contributed by atoms with Crippen LogP contribution in [-0.2, 0) is 9.59 Å². The third-order valence-corrected chi connectivity index (χ3v) is 4.03. The molecule has 0 aliphatic carbocycles. The molecule has 2 rings (SSSR count). The van der Waals surface area contributed by atoms with E-state index in [-0.39, 0.29) is 24.9 Å². The molecule has 2 N–H and O–H groups in total. The number of benzene rings is 2. The lowest BCUT2D eigenvalue weighted by atomic mass is 10.1. The van der Waals surface area contributed by atoms with Gasteiger partial charge in [-0.3, -0.25) is 14.5 Å². The van der Waals surface area contributed by atoms with E-state index in [9.17, 15) is 9.59 Å². The summed E-state index contributed by atoms with van der Waals surface area (Å²) in [5.41, 5.74) is 3.77. The molecular weight excluding hydrogens is 328 g/mol. The van der Waals surface area contributed by atoms with Crippen LogP contribution in [0.4, 0.5) is 11.4 Å². The molecule has 26 heavy (non-hydrogen) atoms. The van der Waals surface area contributed by atoms with Crippen molar-refractivity contribution < 1.29 is 9.59 Å². The number of rotatable bonds is 6. The molecule has 0 saturated carbocycles. The molecule has 0 bridgehead atoms. The van der Waals surface area contributed by atoms with Crippen molar-refractivity contribution in [1.29, 1.82) is 5.26 Å². The average molecular weight is 350 g/mol. The Bertz CT molecular complexity index is 855. The van der Waals surface area contributed by atoms with Crippen molar-refractivity contribution in [2.24, 2.45) is 0 Å². The van der Waals surface area contributed by atoms with Crippen molar-refractivity contribution in [1.82, 2.24) is 4.90 Å². The number of nitrogens with one attached hydrogen (secondary N) is 2. The average Bonchev–Trinajstić information content (AvgIpc) is 2.59. The zero-order valence-electron chi connectivity index (χ0n) is 15.2. The predicted octanol–water partition coefficient (Wildman–Crippen LogP) is 2.68. The Kier molecular flexibility index (Phi) is 6.48. The van der Waals surface area contributed by atoms with Crippen LogP contribution in [0, 0.1) is 25.2 Å². The van der Waals surface area contributed by atoms with Gasteiger partial charge in [-0.25, -0.2) is 0 Å². The first-order valence-corrected chi connectivity index (χ1v) is 8.24. The van der Waals surface area contributed by atoms with Gasteiger partial charge in [-0.1, -0.05) is 24.3 Å². The van der Waals surface area contributed by atoms with Gasteiger partial charge in [0.05, 0.1) is 24.3 Å².